The highest BCUT2D eigenvalue weighted by atomic mass is 16.5. The molecule has 2 N–H and O–H groups in total. The summed E-state index contributed by atoms with van der Waals surface area (Å²) in [5, 5.41) is 0. The number of para-hydroxylation sites is 1. The molecule has 1 aliphatic heterocycles. The van der Waals surface area contributed by atoms with Gasteiger partial charge >= 0.3 is 0 Å². The van der Waals surface area contributed by atoms with E-state index in [1.165, 1.54) is 31.2 Å². The van der Waals surface area contributed by atoms with Crippen LogP contribution in [0, 0.1) is 0 Å². The summed E-state index contributed by atoms with van der Waals surface area (Å²) in [6, 6.07) is 9.06. The highest BCUT2D eigenvalue weighted by Gasteiger charge is 2.35. The molecule has 0 saturated heterocycles. The molecule has 0 amide bonds. The van der Waals surface area contributed by atoms with Gasteiger partial charge in [0.25, 0.3) is 0 Å². The number of nitrogens with two attached hydrogens (primary N) is 1. The molecule has 1 fully saturated rings. The van der Waals surface area contributed by atoms with Gasteiger partial charge < -0.3 is 15.4 Å². The Balaban J connectivity index is 1.89. The van der Waals surface area contributed by atoms with E-state index >= 15 is 0 Å². The Kier molecular flexibility index (Phi) is 3.81. The van der Waals surface area contributed by atoms with E-state index in [2.05, 4.69) is 22.0 Å². The van der Waals surface area contributed by atoms with E-state index in [0.29, 0.717) is 18.6 Å². The zero-order valence-electron chi connectivity index (χ0n) is 12.1. The van der Waals surface area contributed by atoms with Crippen LogP contribution in [0.1, 0.15) is 44.2 Å². The summed E-state index contributed by atoms with van der Waals surface area (Å²) >= 11 is 0. The molecule has 1 atom stereocenters. The molecule has 1 unspecified atom stereocenters. The first-order chi connectivity index (χ1) is 9.81. The lowest BCUT2D eigenvalue weighted by atomic mass is 10.0. The fourth-order valence-corrected chi connectivity index (χ4v) is 3.42. The molecule has 0 spiro atoms. The van der Waals surface area contributed by atoms with Crippen LogP contribution < -0.4 is 10.5 Å². The maximum absolute atomic E-state index is 6.15. The SMILES string of the molecule is CCOc1ccccc1C1CN=C(N)N1C1CCCC1. The molecule has 4 nitrogen and oxygen atoms in total. The van der Waals surface area contributed by atoms with E-state index in [0.717, 1.165) is 12.3 Å². The third-order valence-electron chi connectivity index (χ3n) is 4.32. The van der Waals surface area contributed by atoms with Crippen LogP contribution in [0.2, 0.25) is 0 Å². The second kappa shape index (κ2) is 5.73. The van der Waals surface area contributed by atoms with Crippen molar-refractivity contribution in [1.82, 2.24) is 4.90 Å². The second-order valence-corrected chi connectivity index (χ2v) is 5.53. The minimum Gasteiger partial charge on any atom is -0.494 e. The average molecular weight is 273 g/mol. The van der Waals surface area contributed by atoms with Crippen molar-refractivity contribution in [2.45, 2.75) is 44.7 Å². The molecule has 2 aliphatic rings. The second-order valence-electron chi connectivity index (χ2n) is 5.53. The van der Waals surface area contributed by atoms with Crippen molar-refractivity contribution in [2.75, 3.05) is 13.2 Å². The van der Waals surface area contributed by atoms with Crippen molar-refractivity contribution in [3.63, 3.8) is 0 Å². The van der Waals surface area contributed by atoms with Crippen LogP contribution in [0.15, 0.2) is 29.3 Å². The maximum Gasteiger partial charge on any atom is 0.192 e. The molecule has 108 valence electrons. The number of rotatable bonds is 4. The highest BCUT2D eigenvalue weighted by molar-refractivity contribution is 5.81. The van der Waals surface area contributed by atoms with E-state index < -0.39 is 0 Å². The molecule has 0 radical (unpaired) electrons. The van der Waals surface area contributed by atoms with Gasteiger partial charge in [0, 0.05) is 11.6 Å². The third kappa shape index (κ3) is 2.35. The summed E-state index contributed by atoms with van der Waals surface area (Å²) in [7, 11) is 0. The molecule has 1 heterocycles. The largest absolute Gasteiger partial charge is 0.494 e. The van der Waals surface area contributed by atoms with Gasteiger partial charge in [-0.15, -0.1) is 0 Å². The Morgan fingerprint density at radius 1 is 1.30 bits per heavy atom. The van der Waals surface area contributed by atoms with Gasteiger partial charge in [0.2, 0.25) is 0 Å². The predicted octanol–water partition coefficient (Wildman–Crippen LogP) is 2.70. The first-order valence-corrected chi connectivity index (χ1v) is 7.61. The van der Waals surface area contributed by atoms with E-state index in [1.54, 1.807) is 0 Å². The fraction of sp³-hybridized carbons (Fsp3) is 0.562. The first-order valence-electron chi connectivity index (χ1n) is 7.61. The molecular weight excluding hydrogens is 250 g/mol. The fourth-order valence-electron chi connectivity index (χ4n) is 3.42. The molecule has 4 heteroatoms. The molecule has 1 aromatic carbocycles. The summed E-state index contributed by atoms with van der Waals surface area (Å²) in [4.78, 5) is 6.81. The van der Waals surface area contributed by atoms with E-state index in [9.17, 15) is 0 Å². The van der Waals surface area contributed by atoms with Crippen LogP contribution >= 0.6 is 0 Å². The molecule has 20 heavy (non-hydrogen) atoms. The summed E-state index contributed by atoms with van der Waals surface area (Å²) in [6.07, 6.45) is 5.05. The number of hydrogen-bond acceptors (Lipinski definition) is 4. The maximum atomic E-state index is 6.15. The Labute approximate surface area is 120 Å². The van der Waals surface area contributed by atoms with Gasteiger partial charge in [0.15, 0.2) is 5.96 Å². The highest BCUT2D eigenvalue weighted by Crippen LogP contribution is 2.37. The van der Waals surface area contributed by atoms with Crippen LogP contribution in [0.5, 0.6) is 5.75 Å². The quantitative estimate of drug-likeness (QED) is 0.917. The molecule has 0 bridgehead atoms. The summed E-state index contributed by atoms with van der Waals surface area (Å²) in [6.45, 7) is 3.45. The normalized spacial score (nSPS) is 23.1. The number of ether oxygens (including phenoxy) is 1. The van der Waals surface area contributed by atoms with Gasteiger partial charge in [-0.05, 0) is 25.8 Å². The molecule has 3 rings (SSSR count). The summed E-state index contributed by atoms with van der Waals surface area (Å²) in [5.41, 5.74) is 7.36. The number of aliphatic imine (C=N–C) groups is 1. The average Bonchev–Trinajstić information content (AvgIpc) is 3.09. The minimum absolute atomic E-state index is 0.237. The molecular formula is C16H23N3O. The summed E-state index contributed by atoms with van der Waals surface area (Å²) < 4.78 is 5.78. The first kappa shape index (κ1) is 13.3. The molecule has 1 aliphatic carbocycles. The van der Waals surface area contributed by atoms with Crippen molar-refractivity contribution in [3.05, 3.63) is 29.8 Å². The van der Waals surface area contributed by atoms with Gasteiger partial charge in [0.1, 0.15) is 5.75 Å². The van der Waals surface area contributed by atoms with Crippen LogP contribution in [0.3, 0.4) is 0 Å². The van der Waals surface area contributed by atoms with E-state index in [-0.39, 0.29) is 6.04 Å². The zero-order valence-corrected chi connectivity index (χ0v) is 12.1. The number of hydrogen-bond donors (Lipinski definition) is 1. The van der Waals surface area contributed by atoms with Crippen LogP contribution in [0.25, 0.3) is 0 Å². The number of nitrogens with zero attached hydrogens (tertiary/aromatic N) is 2. The predicted molar refractivity (Wildman–Crippen MR) is 80.9 cm³/mol. The Hall–Kier alpha value is -1.71. The van der Waals surface area contributed by atoms with Crippen LogP contribution in [0.4, 0.5) is 0 Å². The van der Waals surface area contributed by atoms with Gasteiger partial charge in [-0.25, -0.2) is 0 Å². The van der Waals surface area contributed by atoms with Gasteiger partial charge in [-0.3, -0.25) is 4.99 Å². The van der Waals surface area contributed by atoms with Gasteiger partial charge in [-0.2, -0.15) is 0 Å². The number of guanidine groups is 1. The van der Waals surface area contributed by atoms with Crippen LogP contribution in [-0.4, -0.2) is 30.1 Å². The third-order valence-corrected chi connectivity index (χ3v) is 4.32. The monoisotopic (exact) mass is 273 g/mol. The number of benzene rings is 1. The lowest BCUT2D eigenvalue weighted by Gasteiger charge is -2.33. The van der Waals surface area contributed by atoms with Gasteiger partial charge in [0.05, 0.1) is 19.2 Å². The standard InChI is InChI=1S/C16H23N3O/c1-2-20-15-10-6-5-9-13(15)14-11-18-16(17)19(14)12-7-3-4-8-12/h5-6,9-10,12,14H,2-4,7-8,11H2,1H3,(H2,17,18). The Morgan fingerprint density at radius 2 is 2.05 bits per heavy atom. The van der Waals surface area contributed by atoms with Gasteiger partial charge in [-0.1, -0.05) is 31.0 Å². The summed E-state index contributed by atoms with van der Waals surface area (Å²) in [5.74, 6) is 1.67. The van der Waals surface area contributed by atoms with Crippen molar-refractivity contribution in [3.8, 4) is 5.75 Å². The smallest absolute Gasteiger partial charge is 0.192 e. The Bertz CT molecular complexity index is 494. The van der Waals surface area contributed by atoms with E-state index in [4.69, 9.17) is 10.5 Å². The molecule has 1 saturated carbocycles. The van der Waals surface area contributed by atoms with Crippen molar-refractivity contribution in [2.24, 2.45) is 10.7 Å². The topological polar surface area (TPSA) is 50.9 Å². The zero-order chi connectivity index (χ0) is 13.9. The van der Waals surface area contributed by atoms with Crippen LogP contribution in [-0.2, 0) is 0 Å². The Morgan fingerprint density at radius 3 is 2.80 bits per heavy atom. The van der Waals surface area contributed by atoms with Crippen molar-refractivity contribution >= 4 is 5.96 Å². The van der Waals surface area contributed by atoms with E-state index in [1.807, 2.05) is 19.1 Å². The molecule has 1 aromatic rings. The minimum atomic E-state index is 0.237. The lowest BCUT2D eigenvalue weighted by Crippen LogP contribution is -2.42. The van der Waals surface area contributed by atoms with Crippen molar-refractivity contribution < 1.29 is 4.74 Å². The lowest BCUT2D eigenvalue weighted by molar-refractivity contribution is 0.252. The van der Waals surface area contributed by atoms with Crippen molar-refractivity contribution in [1.29, 1.82) is 0 Å². The molecule has 0 aromatic heterocycles.